The number of cyclic esters (lactones) is 3. The molecule has 512 valence electrons. The third-order valence-corrected chi connectivity index (χ3v) is 22.1. The number of hydrogen-bond donors (Lipinski definition) is 1. The summed E-state index contributed by atoms with van der Waals surface area (Å²) in [5.74, 6) is 7.08. The number of fused-ring (bicyclic) bond motifs is 3. The van der Waals surface area contributed by atoms with Gasteiger partial charge in [0.2, 0.25) is 5.91 Å². The largest absolute Gasteiger partial charge is 0.465 e. The summed E-state index contributed by atoms with van der Waals surface area (Å²) < 4.78 is 57.4. The Bertz CT molecular complexity index is 2040. The third kappa shape index (κ3) is 23.6. The maximum atomic E-state index is 11.4. The SMILES string of the molecule is CC1C(=O)OCCC1(C)C.CC1C2CC3C1OC(=O)C3C2C.CC1C2CCC(O2)C1C.CC1CC(=O)OC1C.CC1CCC(=O)OC1C.CC1CCC(C)C(=O)N1.CC1CCCOC1C.CC1CCOC1C.CC1OC(C)(C)OC1C.CC1OCOC1C. The molecule has 1 N–H and O–H groups in total. The molecule has 11 heterocycles. The number of carbonyl (C=O) groups is 5. The molecule has 0 aromatic carbocycles. The van der Waals surface area contributed by atoms with Crippen LogP contribution in [0.1, 0.15) is 236 Å². The molecule has 13 aliphatic rings. The Morgan fingerprint density at radius 1 is 0.455 bits per heavy atom. The van der Waals surface area contributed by atoms with Crippen molar-refractivity contribution < 1.29 is 76.1 Å². The van der Waals surface area contributed by atoms with Crippen molar-refractivity contribution in [1.29, 1.82) is 0 Å². The van der Waals surface area contributed by atoms with Crippen molar-refractivity contribution in [1.82, 2.24) is 5.32 Å². The first kappa shape index (κ1) is 77.5. The van der Waals surface area contributed by atoms with Crippen LogP contribution in [0.15, 0.2) is 0 Å². The van der Waals surface area contributed by atoms with Gasteiger partial charge >= 0.3 is 23.9 Å². The van der Waals surface area contributed by atoms with Gasteiger partial charge in [0.15, 0.2) is 5.79 Å². The fourth-order valence-electron chi connectivity index (χ4n) is 13.4. The van der Waals surface area contributed by atoms with Crippen molar-refractivity contribution >= 4 is 29.8 Å². The molecule has 0 radical (unpaired) electrons. The summed E-state index contributed by atoms with van der Waals surface area (Å²) in [6.45, 7) is 51.0. The van der Waals surface area contributed by atoms with Crippen LogP contribution in [0.3, 0.4) is 0 Å². The Labute approximate surface area is 533 Å². The van der Waals surface area contributed by atoms with Crippen LogP contribution in [0.2, 0.25) is 0 Å². The average Bonchev–Trinajstić information content (AvgIpc) is 1.67. The van der Waals surface area contributed by atoms with Crippen molar-refractivity contribution in [2.75, 3.05) is 26.6 Å². The first-order valence-electron chi connectivity index (χ1n) is 34.6. The lowest BCUT2D eigenvalue weighted by molar-refractivity contribution is -0.160. The normalized spacial score (nSPS) is 43.0. The minimum absolute atomic E-state index is 0.0411. The number of rotatable bonds is 0. The van der Waals surface area contributed by atoms with Gasteiger partial charge in [0.05, 0.1) is 73.7 Å². The number of amides is 1. The van der Waals surface area contributed by atoms with Gasteiger partial charge < -0.3 is 57.4 Å². The minimum atomic E-state index is -0.362. The van der Waals surface area contributed by atoms with E-state index in [4.69, 9.17) is 52.1 Å². The topological polar surface area (TPSA) is 199 Å². The van der Waals surface area contributed by atoms with Crippen LogP contribution in [0.25, 0.3) is 0 Å². The number of ether oxygens (including phenoxy) is 11. The second-order valence-electron chi connectivity index (χ2n) is 29.8. The van der Waals surface area contributed by atoms with E-state index < -0.39 is 0 Å². The van der Waals surface area contributed by atoms with E-state index in [0.29, 0.717) is 98.5 Å². The predicted octanol–water partition coefficient (Wildman–Crippen LogP) is 13.7. The Balaban J connectivity index is 0.000000210. The van der Waals surface area contributed by atoms with Crippen LogP contribution in [0.4, 0.5) is 0 Å². The first-order chi connectivity index (χ1) is 41.0. The van der Waals surface area contributed by atoms with Crippen LogP contribution in [0.5, 0.6) is 0 Å². The lowest BCUT2D eigenvalue weighted by Gasteiger charge is -2.34. The van der Waals surface area contributed by atoms with Crippen molar-refractivity contribution in [3.63, 3.8) is 0 Å². The summed E-state index contributed by atoms with van der Waals surface area (Å²) in [6.07, 6.45) is 16.9. The predicted molar refractivity (Wildman–Crippen MR) is 341 cm³/mol. The Kier molecular flexibility index (Phi) is 31.6. The molecule has 88 heavy (non-hydrogen) atoms. The van der Waals surface area contributed by atoms with E-state index in [1.165, 1.54) is 38.5 Å². The molecular formula is C71H127NO16. The van der Waals surface area contributed by atoms with E-state index in [-0.39, 0.29) is 89.3 Å². The highest BCUT2D eigenvalue weighted by molar-refractivity contribution is 5.79. The fourth-order valence-corrected chi connectivity index (χ4v) is 13.4. The van der Waals surface area contributed by atoms with Gasteiger partial charge in [0.25, 0.3) is 0 Å². The second-order valence-corrected chi connectivity index (χ2v) is 29.8. The number of nitrogens with one attached hydrogen (secondary N) is 1. The standard InChI is InChI=1S/C10H14O2.C8H14O2.C8H14O.C7H13NO.C7H14O2.C7H12O2.C7H14O.C6H10O2.C6H12O.C5H10O2/c1-4-6-3-7-8(4)10(11)12-9(7)5(6)2;1-6-7(9)10-5-4-8(6,2)3;1-5-6(2)8-4-3-7(5)9-8;1-5-3-4-6(2)8-7(5)9;1-5-6(2)9-7(3,4)8-5;1-5-3-4-7(8)9-6(5)2;1-6-4-3-5-8-7(6)2;1-4-3-6(7)8-5(4)2;1-5-3-4-7-6(5)2;1-4-5(2)7-3-6-4/h4-9H,3H2,1-2H3;6H,4-5H2,1-3H3;5-8H,3-4H2,1-2H3;5-6H,3-4H2,1-2H3,(H,8,9);5-6H,1-4H3;5-6H,3-4H2,1-2H3;6-7H,3-5H2,1-2H3;4-5H,3H2,1-2H3;5-6H,3-4H2,1-2H3;4-5H,3H2,1-2H3. The van der Waals surface area contributed by atoms with E-state index in [1.54, 1.807) is 0 Å². The van der Waals surface area contributed by atoms with E-state index in [0.717, 1.165) is 68.5 Å². The van der Waals surface area contributed by atoms with E-state index in [2.05, 4.69) is 81.5 Å². The van der Waals surface area contributed by atoms with Crippen LogP contribution >= 0.6 is 0 Å². The molecular weight excluding hydrogens is 1120 g/mol. The molecule has 25 unspecified atom stereocenters. The van der Waals surface area contributed by atoms with Crippen molar-refractivity contribution in [3.05, 3.63) is 0 Å². The Morgan fingerprint density at radius 3 is 1.32 bits per heavy atom. The van der Waals surface area contributed by atoms with Crippen LogP contribution in [0, 0.1) is 82.3 Å². The first-order valence-corrected chi connectivity index (χ1v) is 34.6. The zero-order valence-electron chi connectivity index (χ0n) is 59.3. The molecule has 1 amide bonds. The molecule has 4 bridgehead atoms. The maximum absolute atomic E-state index is 11.4. The van der Waals surface area contributed by atoms with Gasteiger partial charge in [-0.25, -0.2) is 0 Å². The van der Waals surface area contributed by atoms with Gasteiger partial charge in [-0.3, -0.25) is 24.0 Å². The zero-order valence-corrected chi connectivity index (χ0v) is 59.3. The molecule has 25 atom stereocenters. The molecule has 17 heteroatoms. The Hall–Kier alpha value is -2.93. The van der Waals surface area contributed by atoms with Crippen molar-refractivity contribution in [3.8, 4) is 0 Å². The maximum Gasteiger partial charge on any atom is 0.309 e. The second kappa shape index (κ2) is 35.9. The quantitative estimate of drug-likeness (QED) is 0.177. The summed E-state index contributed by atoms with van der Waals surface area (Å²) in [7, 11) is 0. The molecule has 13 fully saturated rings. The summed E-state index contributed by atoms with van der Waals surface area (Å²) in [6, 6.07) is 0.397. The van der Waals surface area contributed by atoms with Crippen LogP contribution in [-0.4, -0.2) is 135 Å². The van der Waals surface area contributed by atoms with E-state index in [1.807, 2.05) is 83.1 Å². The molecule has 17 nitrogen and oxygen atoms in total. The average molecular weight is 1250 g/mol. The van der Waals surface area contributed by atoms with E-state index >= 15 is 0 Å². The zero-order chi connectivity index (χ0) is 66.1. The highest BCUT2D eigenvalue weighted by atomic mass is 16.8. The smallest absolute Gasteiger partial charge is 0.309 e. The Morgan fingerprint density at radius 2 is 0.989 bits per heavy atom. The number of esters is 4. The minimum Gasteiger partial charge on any atom is -0.465 e. The molecule has 2 saturated carbocycles. The molecule has 0 aromatic heterocycles. The number of hydrogen-bond acceptors (Lipinski definition) is 16. The lowest BCUT2D eigenvalue weighted by atomic mass is 9.76. The number of piperidine rings is 1. The summed E-state index contributed by atoms with van der Waals surface area (Å²) in [5.41, 5.74) is 0.134. The fraction of sp³-hybridized carbons (Fsp3) is 0.930. The van der Waals surface area contributed by atoms with Gasteiger partial charge in [-0.2, -0.15) is 0 Å². The molecule has 0 aromatic rings. The lowest BCUT2D eigenvalue weighted by Crippen LogP contribution is -2.41. The van der Waals surface area contributed by atoms with Crippen LogP contribution < -0.4 is 5.32 Å². The van der Waals surface area contributed by atoms with Gasteiger partial charge in [-0.15, -0.1) is 0 Å². The molecule has 0 spiro atoms. The monoisotopic (exact) mass is 1250 g/mol. The third-order valence-electron chi connectivity index (χ3n) is 22.1. The highest BCUT2D eigenvalue weighted by Gasteiger charge is 2.63. The van der Waals surface area contributed by atoms with Crippen molar-refractivity contribution in [2.45, 2.75) is 315 Å². The van der Waals surface area contributed by atoms with Gasteiger partial charge in [-0.05, 0) is 193 Å². The highest BCUT2D eigenvalue weighted by Crippen LogP contribution is 2.60. The van der Waals surface area contributed by atoms with Gasteiger partial charge in [0, 0.05) is 43.4 Å². The summed E-state index contributed by atoms with van der Waals surface area (Å²) in [4.78, 5) is 54.3. The van der Waals surface area contributed by atoms with Crippen molar-refractivity contribution in [2.24, 2.45) is 82.3 Å². The van der Waals surface area contributed by atoms with Gasteiger partial charge in [0.1, 0.15) is 25.1 Å². The van der Waals surface area contributed by atoms with E-state index in [9.17, 15) is 24.0 Å². The molecule has 11 saturated heterocycles. The molecule has 13 rings (SSSR count). The molecule has 2 aliphatic carbocycles. The van der Waals surface area contributed by atoms with Crippen LogP contribution in [-0.2, 0) is 76.1 Å². The summed E-state index contributed by atoms with van der Waals surface area (Å²) >= 11 is 0. The number of carbonyl (C=O) groups excluding carboxylic acids is 5. The molecule has 11 aliphatic heterocycles. The van der Waals surface area contributed by atoms with Gasteiger partial charge in [-0.1, -0.05) is 83.1 Å². The summed E-state index contributed by atoms with van der Waals surface area (Å²) in [5, 5.41) is 2.89.